The monoisotopic (exact) mass is 275 g/mol. The molecule has 0 spiro atoms. The molecule has 0 aromatic rings. The predicted molar refractivity (Wildman–Crippen MR) is 79.6 cm³/mol. The van der Waals surface area contributed by atoms with Crippen molar-refractivity contribution in [2.75, 3.05) is 24.6 Å². The van der Waals surface area contributed by atoms with Gasteiger partial charge in [-0.1, -0.05) is 33.8 Å². The Morgan fingerprint density at radius 3 is 2.39 bits per heavy atom. The Morgan fingerprint density at radius 1 is 1.33 bits per heavy atom. The number of nitrogens with one attached hydrogen (secondary N) is 1. The molecule has 0 saturated carbocycles. The highest BCUT2D eigenvalue weighted by molar-refractivity contribution is 7.91. The van der Waals surface area contributed by atoms with Crippen LogP contribution in [0.25, 0.3) is 0 Å². The van der Waals surface area contributed by atoms with Crippen LogP contribution in [0.4, 0.5) is 0 Å². The van der Waals surface area contributed by atoms with Gasteiger partial charge < -0.3 is 5.32 Å². The Balaban J connectivity index is 4.27. The lowest BCUT2D eigenvalue weighted by Gasteiger charge is -2.26. The van der Waals surface area contributed by atoms with E-state index in [9.17, 15) is 8.42 Å². The highest BCUT2D eigenvalue weighted by Crippen LogP contribution is 2.23. The standard InChI is InChI=1S/C14H29NO2S/c1-6-9-18(16,17)10-8-14(5,7-2)12-15-11-13(3)4/h7,13,15H,2,6,8-12H2,1,3-5H3. The molecule has 0 aliphatic rings. The molecule has 0 heterocycles. The molecular formula is C14H29NO2S. The van der Waals surface area contributed by atoms with Gasteiger partial charge in [-0.15, -0.1) is 6.58 Å². The number of sulfone groups is 1. The van der Waals surface area contributed by atoms with Crippen LogP contribution >= 0.6 is 0 Å². The van der Waals surface area contributed by atoms with Crippen molar-refractivity contribution < 1.29 is 8.42 Å². The fourth-order valence-corrected chi connectivity index (χ4v) is 3.31. The van der Waals surface area contributed by atoms with E-state index in [-0.39, 0.29) is 11.2 Å². The molecule has 4 heteroatoms. The van der Waals surface area contributed by atoms with E-state index in [1.54, 1.807) is 0 Å². The summed E-state index contributed by atoms with van der Waals surface area (Å²) < 4.78 is 23.4. The maximum Gasteiger partial charge on any atom is 0.150 e. The highest BCUT2D eigenvalue weighted by atomic mass is 32.2. The summed E-state index contributed by atoms with van der Waals surface area (Å²) in [5, 5.41) is 3.38. The van der Waals surface area contributed by atoms with Gasteiger partial charge in [0, 0.05) is 12.3 Å². The summed E-state index contributed by atoms with van der Waals surface area (Å²) in [4.78, 5) is 0. The summed E-state index contributed by atoms with van der Waals surface area (Å²) in [6, 6.07) is 0. The van der Waals surface area contributed by atoms with E-state index >= 15 is 0 Å². The zero-order chi connectivity index (χ0) is 14.2. The maximum atomic E-state index is 11.7. The van der Waals surface area contributed by atoms with E-state index in [1.165, 1.54) is 0 Å². The molecule has 0 aliphatic carbocycles. The summed E-state index contributed by atoms with van der Waals surface area (Å²) in [6.07, 6.45) is 3.21. The van der Waals surface area contributed by atoms with Crippen LogP contribution in [0.3, 0.4) is 0 Å². The van der Waals surface area contributed by atoms with Gasteiger partial charge in [0.05, 0.1) is 5.75 Å². The van der Waals surface area contributed by atoms with Crippen molar-refractivity contribution >= 4 is 9.84 Å². The molecule has 1 atom stereocenters. The van der Waals surface area contributed by atoms with Gasteiger partial charge in [0.2, 0.25) is 0 Å². The molecule has 0 fully saturated rings. The maximum absolute atomic E-state index is 11.7. The SMILES string of the molecule is C=CC(C)(CCS(=O)(=O)CCC)CNCC(C)C. The number of hydrogen-bond acceptors (Lipinski definition) is 3. The topological polar surface area (TPSA) is 46.2 Å². The van der Waals surface area contributed by atoms with Gasteiger partial charge in [0.1, 0.15) is 9.84 Å². The average Bonchev–Trinajstić information content (AvgIpc) is 2.26. The molecule has 108 valence electrons. The highest BCUT2D eigenvalue weighted by Gasteiger charge is 2.23. The predicted octanol–water partition coefficient (Wildman–Crippen LogP) is 2.64. The molecule has 1 N–H and O–H groups in total. The summed E-state index contributed by atoms with van der Waals surface area (Å²) in [6.45, 7) is 13.9. The summed E-state index contributed by atoms with van der Waals surface area (Å²) in [5.41, 5.74) is -0.143. The summed E-state index contributed by atoms with van der Waals surface area (Å²) in [7, 11) is -2.89. The molecule has 0 rings (SSSR count). The lowest BCUT2D eigenvalue weighted by Crippen LogP contribution is -2.34. The van der Waals surface area contributed by atoms with Gasteiger partial charge in [-0.25, -0.2) is 8.42 Å². The Labute approximate surface area is 113 Å². The van der Waals surface area contributed by atoms with Crippen LogP contribution in [0, 0.1) is 11.3 Å². The Bertz CT molecular complexity index is 336. The fraction of sp³-hybridized carbons (Fsp3) is 0.857. The first-order valence-corrected chi connectivity index (χ1v) is 8.61. The zero-order valence-corrected chi connectivity index (χ0v) is 13.1. The minimum Gasteiger partial charge on any atom is -0.316 e. The van der Waals surface area contributed by atoms with Gasteiger partial charge in [0.15, 0.2) is 0 Å². The molecule has 0 bridgehead atoms. The van der Waals surface area contributed by atoms with E-state index in [1.807, 2.05) is 13.0 Å². The van der Waals surface area contributed by atoms with Crippen LogP contribution in [-0.4, -0.2) is 33.0 Å². The Kier molecular flexibility index (Phi) is 7.79. The Morgan fingerprint density at radius 2 is 1.94 bits per heavy atom. The van der Waals surface area contributed by atoms with Gasteiger partial charge in [-0.3, -0.25) is 0 Å². The quantitative estimate of drug-likeness (QED) is 0.623. The Hall–Kier alpha value is -0.350. The summed E-state index contributed by atoms with van der Waals surface area (Å²) >= 11 is 0. The molecule has 0 radical (unpaired) electrons. The normalized spacial score (nSPS) is 15.6. The molecule has 3 nitrogen and oxygen atoms in total. The van der Waals surface area contributed by atoms with Crippen molar-refractivity contribution in [3.05, 3.63) is 12.7 Å². The van der Waals surface area contributed by atoms with Crippen molar-refractivity contribution in [1.82, 2.24) is 5.32 Å². The second kappa shape index (κ2) is 7.95. The molecule has 0 saturated heterocycles. The van der Waals surface area contributed by atoms with Crippen molar-refractivity contribution in [3.8, 4) is 0 Å². The number of hydrogen-bond donors (Lipinski definition) is 1. The third-order valence-electron chi connectivity index (χ3n) is 3.07. The molecule has 0 aromatic heterocycles. The van der Waals surface area contributed by atoms with Gasteiger partial charge in [0.25, 0.3) is 0 Å². The molecular weight excluding hydrogens is 246 g/mol. The second-order valence-electron chi connectivity index (χ2n) is 5.78. The van der Waals surface area contributed by atoms with Crippen LogP contribution < -0.4 is 5.32 Å². The van der Waals surface area contributed by atoms with Crippen LogP contribution in [0.2, 0.25) is 0 Å². The minimum absolute atomic E-state index is 0.143. The van der Waals surface area contributed by atoms with Crippen LogP contribution in [-0.2, 0) is 9.84 Å². The average molecular weight is 275 g/mol. The van der Waals surface area contributed by atoms with Gasteiger partial charge in [-0.2, -0.15) is 0 Å². The van der Waals surface area contributed by atoms with E-state index in [0.29, 0.717) is 24.5 Å². The molecule has 1 unspecified atom stereocenters. The second-order valence-corrected chi connectivity index (χ2v) is 8.09. The lowest BCUT2D eigenvalue weighted by atomic mass is 9.87. The largest absolute Gasteiger partial charge is 0.316 e. The smallest absolute Gasteiger partial charge is 0.150 e. The fourth-order valence-electron chi connectivity index (χ4n) is 1.71. The van der Waals surface area contributed by atoms with Crippen LogP contribution in [0.5, 0.6) is 0 Å². The molecule has 0 aromatic carbocycles. The number of rotatable bonds is 10. The molecule has 0 aliphatic heterocycles. The first kappa shape index (κ1) is 17.6. The summed E-state index contributed by atoms with van der Waals surface area (Å²) in [5.74, 6) is 1.15. The van der Waals surface area contributed by atoms with E-state index in [0.717, 1.165) is 13.1 Å². The van der Waals surface area contributed by atoms with Crippen LogP contribution in [0.1, 0.15) is 40.5 Å². The van der Waals surface area contributed by atoms with Crippen molar-refractivity contribution in [2.24, 2.45) is 11.3 Å². The van der Waals surface area contributed by atoms with E-state index < -0.39 is 9.84 Å². The first-order chi connectivity index (χ1) is 8.24. The molecule has 18 heavy (non-hydrogen) atoms. The van der Waals surface area contributed by atoms with Crippen molar-refractivity contribution in [2.45, 2.75) is 40.5 Å². The van der Waals surface area contributed by atoms with Gasteiger partial charge in [-0.05, 0) is 30.7 Å². The van der Waals surface area contributed by atoms with E-state index in [2.05, 4.69) is 32.7 Å². The lowest BCUT2D eigenvalue weighted by molar-refractivity contribution is 0.368. The zero-order valence-electron chi connectivity index (χ0n) is 12.3. The minimum atomic E-state index is -2.89. The first-order valence-electron chi connectivity index (χ1n) is 6.79. The van der Waals surface area contributed by atoms with Crippen molar-refractivity contribution in [1.29, 1.82) is 0 Å². The molecule has 0 amide bonds. The van der Waals surface area contributed by atoms with Gasteiger partial charge >= 0.3 is 0 Å². The van der Waals surface area contributed by atoms with Crippen LogP contribution in [0.15, 0.2) is 12.7 Å². The third kappa shape index (κ3) is 7.88. The van der Waals surface area contributed by atoms with Crippen molar-refractivity contribution in [3.63, 3.8) is 0 Å². The third-order valence-corrected chi connectivity index (χ3v) is 4.93. The van der Waals surface area contributed by atoms with E-state index in [4.69, 9.17) is 0 Å².